The summed E-state index contributed by atoms with van der Waals surface area (Å²) in [5.41, 5.74) is 4.72. The van der Waals surface area contributed by atoms with Gasteiger partial charge in [-0.15, -0.1) is 0 Å². The number of hydrogen-bond acceptors (Lipinski definition) is 8. The third-order valence-electron chi connectivity index (χ3n) is 5.36. The van der Waals surface area contributed by atoms with Crippen LogP contribution in [0.3, 0.4) is 0 Å². The van der Waals surface area contributed by atoms with Gasteiger partial charge in [0.2, 0.25) is 0 Å². The number of rotatable bonds is 11. The number of benzene rings is 2. The molecule has 2 aromatic rings. The molecule has 0 saturated carbocycles. The molecule has 0 fully saturated rings. The third kappa shape index (κ3) is 7.93. The number of allylic oxidation sites excluding steroid dienone is 1. The van der Waals surface area contributed by atoms with Gasteiger partial charge in [0.1, 0.15) is 5.75 Å². The van der Waals surface area contributed by atoms with Gasteiger partial charge in [0.25, 0.3) is 5.91 Å². The number of methoxy groups -OCH3 is 1. The van der Waals surface area contributed by atoms with Crippen LogP contribution in [0.4, 0.5) is 0 Å². The predicted octanol–water partition coefficient (Wildman–Crippen LogP) is 4.13. The molecule has 12 heteroatoms. The fourth-order valence-corrected chi connectivity index (χ4v) is 4.60. The summed E-state index contributed by atoms with van der Waals surface area (Å²) in [6.45, 7) is 7.25. The normalized spacial score (nSPS) is 15.1. The second-order valence-electron chi connectivity index (χ2n) is 8.61. The first kappa shape index (κ1) is 29.9. The molecule has 0 bridgehead atoms. The van der Waals surface area contributed by atoms with Gasteiger partial charge in [0.15, 0.2) is 23.2 Å². The van der Waals surface area contributed by atoms with Gasteiger partial charge in [0, 0.05) is 11.3 Å². The van der Waals surface area contributed by atoms with E-state index in [1.807, 2.05) is 13.8 Å². The first-order valence-corrected chi connectivity index (χ1v) is 13.4. The van der Waals surface area contributed by atoms with Crippen LogP contribution in [0.25, 0.3) is 0 Å². The zero-order chi connectivity index (χ0) is 28.5. The highest BCUT2D eigenvalue weighted by Crippen LogP contribution is 2.37. The number of nitrogens with zero attached hydrogens (tertiary/aromatic N) is 1. The number of carbonyl (C=O) groups is 2. The molecular weight excluding hydrogens is 588 g/mol. The van der Waals surface area contributed by atoms with Crippen LogP contribution in [0.2, 0.25) is 0 Å². The molecule has 0 aromatic heterocycles. The molecule has 0 spiro atoms. The van der Waals surface area contributed by atoms with Crippen LogP contribution in [0.5, 0.6) is 17.2 Å². The lowest BCUT2D eigenvalue weighted by Gasteiger charge is -2.30. The molecule has 0 unspecified atom stereocenters. The van der Waals surface area contributed by atoms with Gasteiger partial charge in [-0.2, -0.15) is 5.10 Å². The number of thiocarbonyl (C=S) groups is 1. The highest BCUT2D eigenvalue weighted by molar-refractivity contribution is 9.10. The van der Waals surface area contributed by atoms with Gasteiger partial charge in [-0.25, -0.2) is 10.2 Å². The minimum atomic E-state index is -0.619. The molecule has 3 N–H and O–H groups in total. The van der Waals surface area contributed by atoms with Crippen LogP contribution in [-0.4, -0.2) is 49.6 Å². The van der Waals surface area contributed by atoms with Crippen molar-refractivity contribution >= 4 is 51.4 Å². The summed E-state index contributed by atoms with van der Waals surface area (Å²) in [6.07, 6.45) is 1.45. The van der Waals surface area contributed by atoms with E-state index < -0.39 is 17.9 Å². The zero-order valence-corrected chi connectivity index (χ0v) is 24.7. The quantitative estimate of drug-likeness (QED) is 0.148. The molecule has 1 amide bonds. The van der Waals surface area contributed by atoms with Crippen molar-refractivity contribution in [1.82, 2.24) is 16.1 Å². The lowest BCUT2D eigenvalue weighted by Crippen LogP contribution is -2.45. The number of halogens is 1. The number of nitrogens with one attached hydrogen (secondary N) is 3. The van der Waals surface area contributed by atoms with Crippen LogP contribution in [0.15, 0.2) is 57.2 Å². The Morgan fingerprint density at radius 1 is 1.23 bits per heavy atom. The van der Waals surface area contributed by atoms with Crippen molar-refractivity contribution in [3.05, 3.63) is 63.3 Å². The van der Waals surface area contributed by atoms with E-state index in [0.29, 0.717) is 49.2 Å². The second-order valence-corrected chi connectivity index (χ2v) is 9.87. The van der Waals surface area contributed by atoms with Gasteiger partial charge in [-0.1, -0.05) is 18.2 Å². The Hall–Kier alpha value is -3.64. The summed E-state index contributed by atoms with van der Waals surface area (Å²) in [5, 5.41) is 10.4. The summed E-state index contributed by atoms with van der Waals surface area (Å²) in [4.78, 5) is 25.2. The Labute approximate surface area is 241 Å². The van der Waals surface area contributed by atoms with Crippen LogP contribution >= 0.6 is 28.1 Å². The van der Waals surface area contributed by atoms with E-state index in [-0.39, 0.29) is 19.3 Å². The number of carbonyl (C=O) groups excluding carboxylic acids is 2. The molecule has 208 valence electrons. The smallest absolute Gasteiger partial charge is 0.338 e. The van der Waals surface area contributed by atoms with E-state index in [1.54, 1.807) is 57.4 Å². The zero-order valence-electron chi connectivity index (χ0n) is 22.3. The van der Waals surface area contributed by atoms with Crippen LogP contribution in [0.1, 0.15) is 44.9 Å². The summed E-state index contributed by atoms with van der Waals surface area (Å²) < 4.78 is 23.0. The molecule has 0 radical (unpaired) electrons. The monoisotopic (exact) mass is 618 g/mol. The summed E-state index contributed by atoms with van der Waals surface area (Å²) in [5.74, 6) is 0.571. The van der Waals surface area contributed by atoms with E-state index in [1.165, 1.54) is 6.21 Å². The molecule has 10 nitrogen and oxygen atoms in total. The Kier molecular flexibility index (Phi) is 10.7. The molecule has 39 heavy (non-hydrogen) atoms. The summed E-state index contributed by atoms with van der Waals surface area (Å²) in [6, 6.07) is 10.0. The summed E-state index contributed by atoms with van der Waals surface area (Å²) in [7, 11) is 1.55. The van der Waals surface area contributed by atoms with Crippen molar-refractivity contribution in [2.75, 3.05) is 20.3 Å². The molecular formula is C27H31BrN4O6S. The molecule has 0 saturated heterocycles. The SMILES string of the molecule is CCOC(=O)C1=C(C)NC(=S)N[C@H]1c1ccccc1OCC(=O)NN=Cc1cc(Br)c(OC(C)C)c(OC)c1. The fraction of sp³-hybridized carbons (Fsp3) is 0.333. The molecule has 2 aromatic carbocycles. The Morgan fingerprint density at radius 3 is 2.67 bits per heavy atom. The second kappa shape index (κ2) is 13.9. The first-order chi connectivity index (χ1) is 18.6. The molecule has 1 aliphatic rings. The van der Waals surface area contributed by atoms with Crippen molar-refractivity contribution < 1.29 is 28.5 Å². The van der Waals surface area contributed by atoms with Gasteiger partial charge in [-0.05, 0) is 79.6 Å². The number of hydrazone groups is 1. The van der Waals surface area contributed by atoms with E-state index in [2.05, 4.69) is 37.1 Å². The van der Waals surface area contributed by atoms with E-state index in [0.717, 1.165) is 0 Å². The largest absolute Gasteiger partial charge is 0.493 e. The van der Waals surface area contributed by atoms with Crippen LogP contribution in [-0.2, 0) is 14.3 Å². The first-order valence-electron chi connectivity index (χ1n) is 12.2. The maximum absolute atomic E-state index is 12.7. The van der Waals surface area contributed by atoms with Crippen molar-refractivity contribution in [2.24, 2.45) is 5.10 Å². The Bertz CT molecular complexity index is 1300. The maximum Gasteiger partial charge on any atom is 0.338 e. The van der Waals surface area contributed by atoms with E-state index >= 15 is 0 Å². The number of ether oxygens (including phenoxy) is 4. The van der Waals surface area contributed by atoms with Crippen molar-refractivity contribution in [3.63, 3.8) is 0 Å². The Morgan fingerprint density at radius 2 is 1.97 bits per heavy atom. The average Bonchev–Trinajstić information content (AvgIpc) is 2.88. The molecule has 1 aliphatic heterocycles. The summed E-state index contributed by atoms with van der Waals surface area (Å²) >= 11 is 8.79. The molecule has 1 heterocycles. The highest BCUT2D eigenvalue weighted by Gasteiger charge is 2.32. The number of para-hydroxylation sites is 1. The Balaban J connectivity index is 1.70. The van der Waals surface area contributed by atoms with Crippen LogP contribution in [0, 0.1) is 0 Å². The average molecular weight is 620 g/mol. The van der Waals surface area contributed by atoms with E-state index in [4.69, 9.17) is 31.2 Å². The number of amides is 1. The standard InChI is InChI=1S/C27H31BrN4O6S/c1-6-36-26(34)23-16(4)30-27(39)31-24(23)18-9-7-8-10-20(18)37-14-22(33)32-29-13-17-11-19(28)25(38-15(2)3)21(12-17)35-5/h7-13,15,24H,6,14H2,1-5H3,(H,32,33)(H2,30,31,39)/t24-/m0/s1. The minimum absolute atomic E-state index is 0.0295. The van der Waals surface area contributed by atoms with Crippen molar-refractivity contribution in [3.8, 4) is 17.2 Å². The van der Waals surface area contributed by atoms with Gasteiger partial charge in [-0.3, -0.25) is 4.79 Å². The van der Waals surface area contributed by atoms with Crippen molar-refractivity contribution in [1.29, 1.82) is 0 Å². The van der Waals surface area contributed by atoms with Gasteiger partial charge >= 0.3 is 5.97 Å². The number of esters is 1. The van der Waals surface area contributed by atoms with Gasteiger partial charge < -0.3 is 29.6 Å². The third-order valence-corrected chi connectivity index (χ3v) is 6.17. The van der Waals surface area contributed by atoms with Gasteiger partial charge in [0.05, 0.1) is 42.1 Å². The highest BCUT2D eigenvalue weighted by atomic mass is 79.9. The minimum Gasteiger partial charge on any atom is -0.493 e. The lowest BCUT2D eigenvalue weighted by molar-refractivity contribution is -0.139. The molecule has 3 rings (SSSR count). The van der Waals surface area contributed by atoms with Crippen LogP contribution < -0.4 is 30.3 Å². The predicted molar refractivity (Wildman–Crippen MR) is 155 cm³/mol. The molecule has 1 atom stereocenters. The number of hydrogen-bond donors (Lipinski definition) is 3. The maximum atomic E-state index is 12.7. The van der Waals surface area contributed by atoms with E-state index in [9.17, 15) is 9.59 Å². The van der Waals surface area contributed by atoms with Crippen molar-refractivity contribution in [2.45, 2.75) is 39.8 Å². The topological polar surface area (TPSA) is 120 Å². The molecule has 0 aliphatic carbocycles. The lowest BCUT2D eigenvalue weighted by atomic mass is 9.95. The fourth-order valence-electron chi connectivity index (χ4n) is 3.78.